The molecule has 5 nitrogen and oxygen atoms in total. The Morgan fingerprint density at radius 1 is 1.00 bits per heavy atom. The Balaban J connectivity index is 1.63. The van der Waals surface area contributed by atoms with Gasteiger partial charge in [0, 0.05) is 22.3 Å². The molecule has 35 heavy (non-hydrogen) atoms. The number of amides is 1. The third kappa shape index (κ3) is 7.64. The summed E-state index contributed by atoms with van der Waals surface area (Å²) in [4.78, 5) is 12.9. The lowest BCUT2D eigenvalue weighted by molar-refractivity contribution is -0.119. The SMILES string of the molecule is Cc1ccc(S(=O)(=O)N(CC(=O)NCCCSCc2cccc(Cl)c2)c2cccc(Cl)c2C)cc1. The van der Waals surface area contributed by atoms with Crippen molar-refractivity contribution in [1.82, 2.24) is 5.32 Å². The maximum atomic E-state index is 13.5. The lowest BCUT2D eigenvalue weighted by Gasteiger charge is -2.26. The summed E-state index contributed by atoms with van der Waals surface area (Å²) in [5.74, 6) is 1.32. The zero-order valence-corrected chi connectivity index (χ0v) is 22.8. The van der Waals surface area contributed by atoms with Crippen LogP contribution in [0, 0.1) is 13.8 Å². The highest BCUT2D eigenvalue weighted by atomic mass is 35.5. The fraction of sp³-hybridized carbons (Fsp3) is 0.269. The molecule has 0 atom stereocenters. The van der Waals surface area contributed by atoms with E-state index in [2.05, 4.69) is 5.32 Å². The second kappa shape index (κ2) is 12.7. The number of rotatable bonds is 11. The van der Waals surface area contributed by atoms with Crippen LogP contribution in [0.15, 0.2) is 71.6 Å². The first kappa shape index (κ1) is 27.4. The quantitative estimate of drug-likeness (QED) is 0.287. The minimum absolute atomic E-state index is 0.118. The van der Waals surface area contributed by atoms with E-state index in [1.807, 2.05) is 31.2 Å². The second-order valence-corrected chi connectivity index (χ2v) is 11.9. The molecular weight excluding hydrogens is 523 g/mol. The summed E-state index contributed by atoms with van der Waals surface area (Å²) in [7, 11) is -3.98. The van der Waals surface area contributed by atoms with E-state index in [4.69, 9.17) is 23.2 Å². The number of hydrogen-bond acceptors (Lipinski definition) is 4. The maximum Gasteiger partial charge on any atom is 0.264 e. The van der Waals surface area contributed by atoms with Gasteiger partial charge in [-0.2, -0.15) is 11.8 Å². The van der Waals surface area contributed by atoms with Crippen molar-refractivity contribution < 1.29 is 13.2 Å². The zero-order chi connectivity index (χ0) is 25.4. The van der Waals surface area contributed by atoms with Crippen LogP contribution < -0.4 is 9.62 Å². The minimum atomic E-state index is -3.98. The molecule has 0 bridgehead atoms. The standard InChI is InChI=1S/C26H28Cl2N2O3S2/c1-19-10-12-23(13-11-19)35(32,33)30(25-9-4-8-24(28)20(25)2)17-26(31)29-14-5-15-34-18-21-6-3-7-22(27)16-21/h3-4,6-13,16H,5,14-15,17-18H2,1-2H3,(H,29,31). The van der Waals surface area contributed by atoms with Crippen molar-refractivity contribution in [3.8, 4) is 0 Å². The summed E-state index contributed by atoms with van der Waals surface area (Å²) < 4.78 is 28.1. The van der Waals surface area contributed by atoms with Gasteiger partial charge in [-0.15, -0.1) is 0 Å². The molecule has 9 heteroatoms. The first-order valence-electron chi connectivity index (χ1n) is 11.1. The highest BCUT2D eigenvalue weighted by Crippen LogP contribution is 2.30. The molecule has 186 valence electrons. The summed E-state index contributed by atoms with van der Waals surface area (Å²) in [6, 6.07) is 19.3. The lowest BCUT2D eigenvalue weighted by Crippen LogP contribution is -2.41. The van der Waals surface area contributed by atoms with Crippen LogP contribution in [-0.2, 0) is 20.6 Å². The smallest absolute Gasteiger partial charge is 0.264 e. The molecule has 0 saturated heterocycles. The van der Waals surface area contributed by atoms with Crippen molar-refractivity contribution in [2.24, 2.45) is 0 Å². The van der Waals surface area contributed by atoms with E-state index in [1.165, 1.54) is 0 Å². The number of nitrogens with one attached hydrogen (secondary N) is 1. The fourth-order valence-electron chi connectivity index (χ4n) is 3.41. The number of anilines is 1. The van der Waals surface area contributed by atoms with E-state index in [0.717, 1.165) is 38.4 Å². The van der Waals surface area contributed by atoms with Crippen molar-refractivity contribution in [3.05, 3.63) is 93.5 Å². The van der Waals surface area contributed by atoms with E-state index in [-0.39, 0.29) is 17.3 Å². The van der Waals surface area contributed by atoms with Crippen molar-refractivity contribution in [2.75, 3.05) is 23.1 Å². The van der Waals surface area contributed by atoms with Crippen molar-refractivity contribution >= 4 is 56.6 Å². The highest BCUT2D eigenvalue weighted by Gasteiger charge is 2.28. The average molecular weight is 552 g/mol. The molecule has 0 spiro atoms. The van der Waals surface area contributed by atoms with Crippen LogP contribution in [0.1, 0.15) is 23.1 Å². The minimum Gasteiger partial charge on any atom is -0.354 e. The number of nitrogens with zero attached hydrogens (tertiary/aromatic N) is 1. The molecule has 0 aliphatic heterocycles. The normalized spacial score (nSPS) is 11.3. The number of thioether (sulfide) groups is 1. The summed E-state index contributed by atoms with van der Waals surface area (Å²) in [5, 5.41) is 4.00. The first-order valence-corrected chi connectivity index (χ1v) is 14.5. The Morgan fingerprint density at radius 2 is 1.71 bits per heavy atom. The van der Waals surface area contributed by atoms with Crippen LogP contribution in [0.4, 0.5) is 5.69 Å². The predicted molar refractivity (Wildman–Crippen MR) is 147 cm³/mol. The molecule has 0 radical (unpaired) electrons. The lowest BCUT2D eigenvalue weighted by atomic mass is 10.2. The highest BCUT2D eigenvalue weighted by molar-refractivity contribution is 7.98. The van der Waals surface area contributed by atoms with E-state index in [1.54, 1.807) is 61.2 Å². The molecule has 0 saturated carbocycles. The van der Waals surface area contributed by atoms with Crippen molar-refractivity contribution in [2.45, 2.75) is 30.9 Å². The van der Waals surface area contributed by atoms with Crippen molar-refractivity contribution in [3.63, 3.8) is 0 Å². The molecule has 0 aromatic heterocycles. The Kier molecular flexibility index (Phi) is 9.92. The van der Waals surface area contributed by atoms with Gasteiger partial charge in [-0.3, -0.25) is 9.10 Å². The van der Waals surface area contributed by atoms with E-state index in [9.17, 15) is 13.2 Å². The summed E-state index contributed by atoms with van der Waals surface area (Å²) in [6.07, 6.45) is 0.762. The van der Waals surface area contributed by atoms with E-state index in [0.29, 0.717) is 22.8 Å². The molecule has 3 rings (SSSR count). The number of sulfonamides is 1. The maximum absolute atomic E-state index is 13.5. The number of carbonyl (C=O) groups excluding carboxylic acids is 1. The van der Waals surface area contributed by atoms with Crippen molar-refractivity contribution in [1.29, 1.82) is 0 Å². The summed E-state index contributed by atoms with van der Waals surface area (Å²) in [5.41, 5.74) is 3.07. The number of benzene rings is 3. The molecule has 1 N–H and O–H groups in total. The predicted octanol–water partition coefficient (Wildman–Crippen LogP) is 6.25. The Labute approximate surface area is 221 Å². The topological polar surface area (TPSA) is 66.5 Å². The Morgan fingerprint density at radius 3 is 2.43 bits per heavy atom. The Hall–Kier alpha value is -2.19. The molecule has 0 aliphatic rings. The van der Waals surface area contributed by atoms with Gasteiger partial charge in [-0.05, 0) is 73.5 Å². The van der Waals surface area contributed by atoms with Gasteiger partial charge in [0.05, 0.1) is 10.6 Å². The molecule has 1 amide bonds. The van der Waals surface area contributed by atoms with Crippen LogP contribution in [0.3, 0.4) is 0 Å². The first-order chi connectivity index (χ1) is 16.7. The van der Waals surface area contributed by atoms with Crippen LogP contribution in [-0.4, -0.2) is 33.2 Å². The van der Waals surface area contributed by atoms with Gasteiger partial charge in [0.1, 0.15) is 6.54 Å². The van der Waals surface area contributed by atoms with E-state index < -0.39 is 10.0 Å². The number of aryl methyl sites for hydroxylation is 1. The van der Waals surface area contributed by atoms with Gasteiger partial charge < -0.3 is 5.32 Å². The third-order valence-electron chi connectivity index (χ3n) is 5.35. The van der Waals surface area contributed by atoms with Crippen LogP contribution in [0.5, 0.6) is 0 Å². The molecular formula is C26H28Cl2N2O3S2. The fourth-order valence-corrected chi connectivity index (χ4v) is 6.18. The molecule has 0 unspecified atom stereocenters. The molecule has 0 fully saturated rings. The Bertz CT molecular complexity index is 1270. The van der Waals surface area contributed by atoms with Gasteiger partial charge in [-0.25, -0.2) is 8.42 Å². The third-order valence-corrected chi connectivity index (χ3v) is 8.88. The number of halogens is 2. The molecule has 0 aliphatic carbocycles. The number of hydrogen-bond donors (Lipinski definition) is 1. The molecule has 0 heterocycles. The van der Waals surface area contributed by atoms with Crippen LogP contribution in [0.25, 0.3) is 0 Å². The number of carbonyl (C=O) groups is 1. The van der Waals surface area contributed by atoms with Gasteiger partial charge >= 0.3 is 0 Å². The second-order valence-electron chi connectivity index (χ2n) is 8.09. The summed E-state index contributed by atoms with van der Waals surface area (Å²) in [6.45, 7) is 3.74. The zero-order valence-electron chi connectivity index (χ0n) is 19.6. The largest absolute Gasteiger partial charge is 0.354 e. The molecule has 3 aromatic rings. The summed E-state index contributed by atoms with van der Waals surface area (Å²) >= 11 is 14.0. The molecule has 3 aromatic carbocycles. The average Bonchev–Trinajstić information content (AvgIpc) is 2.82. The van der Waals surface area contributed by atoms with Gasteiger partial charge in [0.15, 0.2) is 0 Å². The van der Waals surface area contributed by atoms with Gasteiger partial charge in [0.25, 0.3) is 10.0 Å². The van der Waals surface area contributed by atoms with Gasteiger partial charge in [0.2, 0.25) is 5.91 Å². The van der Waals surface area contributed by atoms with E-state index >= 15 is 0 Å². The van der Waals surface area contributed by atoms with Gasteiger partial charge in [-0.1, -0.05) is 59.1 Å². The van der Waals surface area contributed by atoms with Crippen LogP contribution >= 0.6 is 35.0 Å². The van der Waals surface area contributed by atoms with Crippen LogP contribution in [0.2, 0.25) is 10.0 Å². The monoisotopic (exact) mass is 550 g/mol.